The molecule has 0 aromatic carbocycles. The molecule has 1 N–H and O–H groups in total. The fourth-order valence-corrected chi connectivity index (χ4v) is 2.35. The van der Waals surface area contributed by atoms with Gasteiger partial charge in [0, 0.05) is 6.04 Å². The van der Waals surface area contributed by atoms with E-state index in [9.17, 15) is 9.59 Å². The van der Waals surface area contributed by atoms with E-state index < -0.39 is 11.9 Å². The number of methoxy groups -OCH3 is 1. The molecule has 0 saturated heterocycles. The topological polar surface area (TPSA) is 55.4 Å². The van der Waals surface area contributed by atoms with Gasteiger partial charge in [-0.3, -0.25) is 4.79 Å². The lowest BCUT2D eigenvalue weighted by Gasteiger charge is -2.20. The Hall–Kier alpha value is -1.06. The van der Waals surface area contributed by atoms with Gasteiger partial charge in [-0.25, -0.2) is 4.79 Å². The molecular formula is C11H19NO3. The van der Waals surface area contributed by atoms with Gasteiger partial charge in [-0.1, -0.05) is 20.3 Å². The number of nitrogens with one attached hydrogen (secondary N) is 1. The van der Waals surface area contributed by atoms with E-state index in [1.165, 1.54) is 7.11 Å². The maximum atomic E-state index is 11.3. The summed E-state index contributed by atoms with van der Waals surface area (Å²) in [5.41, 5.74) is 0. The van der Waals surface area contributed by atoms with Crippen LogP contribution in [0.25, 0.3) is 0 Å². The lowest BCUT2D eigenvalue weighted by atomic mass is 9.93. The molecule has 86 valence electrons. The minimum Gasteiger partial charge on any atom is -0.462 e. The molecule has 0 radical (unpaired) electrons. The molecule has 1 amide bonds. The van der Waals surface area contributed by atoms with Crippen LogP contribution in [0.15, 0.2) is 0 Å². The van der Waals surface area contributed by atoms with Crippen LogP contribution in [0.2, 0.25) is 0 Å². The summed E-state index contributed by atoms with van der Waals surface area (Å²) in [4.78, 5) is 22.2. The van der Waals surface area contributed by atoms with E-state index in [1.54, 1.807) is 0 Å². The first-order valence-electron chi connectivity index (χ1n) is 5.49. The Morgan fingerprint density at radius 1 is 1.40 bits per heavy atom. The third kappa shape index (κ3) is 2.70. The maximum Gasteiger partial charge on any atom is 0.396 e. The molecule has 0 aromatic rings. The van der Waals surface area contributed by atoms with Gasteiger partial charge in [-0.15, -0.1) is 0 Å². The highest BCUT2D eigenvalue weighted by Crippen LogP contribution is 2.33. The first-order chi connectivity index (χ1) is 7.10. The van der Waals surface area contributed by atoms with Gasteiger partial charge in [-0.2, -0.15) is 0 Å². The molecular weight excluding hydrogens is 194 g/mol. The van der Waals surface area contributed by atoms with Gasteiger partial charge in [0.2, 0.25) is 0 Å². The molecule has 1 aliphatic carbocycles. The van der Waals surface area contributed by atoms with Crippen molar-refractivity contribution >= 4 is 11.9 Å². The van der Waals surface area contributed by atoms with Crippen LogP contribution in [0.3, 0.4) is 0 Å². The van der Waals surface area contributed by atoms with Gasteiger partial charge in [-0.05, 0) is 24.7 Å². The smallest absolute Gasteiger partial charge is 0.396 e. The van der Waals surface area contributed by atoms with Crippen molar-refractivity contribution in [3.8, 4) is 0 Å². The van der Waals surface area contributed by atoms with Gasteiger partial charge in [0.05, 0.1) is 7.11 Å². The quantitative estimate of drug-likeness (QED) is 0.552. The third-order valence-electron chi connectivity index (χ3n) is 3.44. The Morgan fingerprint density at radius 3 is 2.53 bits per heavy atom. The number of rotatable bonds is 2. The zero-order valence-electron chi connectivity index (χ0n) is 9.58. The average molecular weight is 213 g/mol. The van der Waals surface area contributed by atoms with Crippen LogP contribution < -0.4 is 5.32 Å². The van der Waals surface area contributed by atoms with Crippen LogP contribution in [-0.2, 0) is 14.3 Å². The van der Waals surface area contributed by atoms with E-state index in [4.69, 9.17) is 0 Å². The molecule has 1 fully saturated rings. The maximum absolute atomic E-state index is 11.3. The van der Waals surface area contributed by atoms with E-state index in [2.05, 4.69) is 23.9 Å². The van der Waals surface area contributed by atoms with E-state index in [1.807, 2.05) is 0 Å². The standard InChI is InChI=1S/C11H19NO3/c1-4-8-5-6-9(7(8)2)12-10(13)11(14)15-3/h7-9H,4-6H2,1-3H3,(H,12,13). The van der Waals surface area contributed by atoms with Crippen molar-refractivity contribution in [3.05, 3.63) is 0 Å². The van der Waals surface area contributed by atoms with Crippen LogP contribution in [0.4, 0.5) is 0 Å². The number of carbonyl (C=O) groups excluding carboxylic acids is 2. The molecule has 0 bridgehead atoms. The molecule has 0 heterocycles. The molecule has 0 spiro atoms. The second kappa shape index (κ2) is 5.14. The number of ether oxygens (including phenoxy) is 1. The zero-order valence-corrected chi connectivity index (χ0v) is 9.58. The first-order valence-corrected chi connectivity index (χ1v) is 5.49. The van der Waals surface area contributed by atoms with Crippen molar-refractivity contribution in [1.82, 2.24) is 5.32 Å². The fourth-order valence-electron chi connectivity index (χ4n) is 2.35. The molecule has 0 aromatic heterocycles. The second-order valence-corrected chi connectivity index (χ2v) is 4.18. The van der Waals surface area contributed by atoms with Gasteiger partial charge in [0.1, 0.15) is 0 Å². The molecule has 1 aliphatic rings. The van der Waals surface area contributed by atoms with Crippen molar-refractivity contribution in [2.24, 2.45) is 11.8 Å². The van der Waals surface area contributed by atoms with Crippen LogP contribution in [0.5, 0.6) is 0 Å². The van der Waals surface area contributed by atoms with Gasteiger partial charge >= 0.3 is 11.9 Å². The summed E-state index contributed by atoms with van der Waals surface area (Å²) in [7, 11) is 1.22. The second-order valence-electron chi connectivity index (χ2n) is 4.18. The minimum absolute atomic E-state index is 0.126. The van der Waals surface area contributed by atoms with Crippen molar-refractivity contribution in [2.45, 2.75) is 39.2 Å². The summed E-state index contributed by atoms with van der Waals surface area (Å²) < 4.78 is 4.36. The largest absolute Gasteiger partial charge is 0.462 e. The highest BCUT2D eigenvalue weighted by atomic mass is 16.5. The summed E-state index contributed by atoms with van der Waals surface area (Å²) in [6.45, 7) is 4.29. The van der Waals surface area contributed by atoms with Crippen molar-refractivity contribution in [3.63, 3.8) is 0 Å². The summed E-state index contributed by atoms with van der Waals surface area (Å²) in [5.74, 6) is -0.315. The predicted octanol–water partition coefficient (Wildman–Crippen LogP) is 1.10. The summed E-state index contributed by atoms with van der Waals surface area (Å²) in [6.07, 6.45) is 3.22. The summed E-state index contributed by atoms with van der Waals surface area (Å²) >= 11 is 0. The number of hydrogen-bond acceptors (Lipinski definition) is 3. The number of hydrogen-bond donors (Lipinski definition) is 1. The minimum atomic E-state index is -0.804. The zero-order chi connectivity index (χ0) is 11.4. The number of amides is 1. The molecule has 1 saturated carbocycles. The van der Waals surface area contributed by atoms with Crippen molar-refractivity contribution in [2.75, 3.05) is 7.11 Å². The normalized spacial score (nSPS) is 29.9. The summed E-state index contributed by atoms with van der Waals surface area (Å²) in [6, 6.07) is 0.126. The first kappa shape index (κ1) is 12.0. The number of carbonyl (C=O) groups is 2. The Bertz CT molecular complexity index is 252. The Kier molecular flexibility index (Phi) is 4.12. The Labute approximate surface area is 90.4 Å². The van der Waals surface area contributed by atoms with Crippen LogP contribution in [0, 0.1) is 11.8 Å². The Balaban J connectivity index is 2.47. The van der Waals surface area contributed by atoms with E-state index in [0.29, 0.717) is 11.8 Å². The van der Waals surface area contributed by atoms with Crippen molar-refractivity contribution in [1.29, 1.82) is 0 Å². The monoisotopic (exact) mass is 213 g/mol. The molecule has 1 rings (SSSR count). The van der Waals surface area contributed by atoms with Crippen LogP contribution in [0.1, 0.15) is 33.1 Å². The van der Waals surface area contributed by atoms with Crippen molar-refractivity contribution < 1.29 is 14.3 Å². The predicted molar refractivity (Wildman–Crippen MR) is 56.1 cm³/mol. The lowest BCUT2D eigenvalue weighted by molar-refractivity contribution is -0.153. The van der Waals surface area contributed by atoms with Gasteiger partial charge in [0.15, 0.2) is 0 Å². The highest BCUT2D eigenvalue weighted by Gasteiger charge is 2.33. The third-order valence-corrected chi connectivity index (χ3v) is 3.44. The van der Waals surface area contributed by atoms with Gasteiger partial charge in [0.25, 0.3) is 0 Å². The molecule has 4 heteroatoms. The number of esters is 1. The molecule has 4 nitrogen and oxygen atoms in total. The molecule has 15 heavy (non-hydrogen) atoms. The average Bonchev–Trinajstić information content (AvgIpc) is 2.58. The van der Waals surface area contributed by atoms with Crippen LogP contribution in [-0.4, -0.2) is 25.0 Å². The lowest BCUT2D eigenvalue weighted by Crippen LogP contribution is -2.41. The SMILES string of the molecule is CCC1CCC(NC(=O)C(=O)OC)C1C. The fraction of sp³-hybridized carbons (Fsp3) is 0.818. The summed E-state index contributed by atoms with van der Waals surface area (Å²) in [5, 5.41) is 2.73. The molecule has 0 aliphatic heterocycles. The molecule has 3 unspecified atom stereocenters. The van der Waals surface area contributed by atoms with Gasteiger partial charge < -0.3 is 10.1 Å². The molecule has 3 atom stereocenters. The van der Waals surface area contributed by atoms with E-state index in [-0.39, 0.29) is 6.04 Å². The Morgan fingerprint density at radius 2 is 2.07 bits per heavy atom. The van der Waals surface area contributed by atoms with E-state index >= 15 is 0 Å². The van der Waals surface area contributed by atoms with Crippen LogP contribution >= 0.6 is 0 Å². The van der Waals surface area contributed by atoms with E-state index in [0.717, 1.165) is 19.3 Å². The highest BCUT2D eigenvalue weighted by molar-refractivity contribution is 6.32.